The first-order valence-corrected chi connectivity index (χ1v) is 4.27. The van der Waals surface area contributed by atoms with Crippen LogP contribution < -0.4 is 0 Å². The summed E-state index contributed by atoms with van der Waals surface area (Å²) in [4.78, 5) is 10.7. The lowest BCUT2D eigenvalue weighted by Crippen LogP contribution is -2.20. The maximum Gasteiger partial charge on any atom is 0.145 e. The molecule has 70 valence electrons. The largest absolute Gasteiger partial charge is 0.302 e. The van der Waals surface area contributed by atoms with Crippen LogP contribution in [-0.2, 0) is 10.2 Å². The number of aldehydes is 1. The van der Waals surface area contributed by atoms with Gasteiger partial charge in [0.25, 0.3) is 0 Å². The van der Waals surface area contributed by atoms with Gasteiger partial charge in [-0.3, -0.25) is 0 Å². The predicted molar refractivity (Wildman–Crippen MR) is 50.5 cm³/mol. The number of hydrogen-bond donors (Lipinski definition) is 0. The van der Waals surface area contributed by atoms with Crippen molar-refractivity contribution in [1.82, 2.24) is 0 Å². The van der Waals surface area contributed by atoms with Gasteiger partial charge in [-0.15, -0.1) is 0 Å². The van der Waals surface area contributed by atoms with Gasteiger partial charge in [-0.25, -0.2) is 4.39 Å². The summed E-state index contributed by atoms with van der Waals surface area (Å²) in [5.74, 6) is -0.513. The Morgan fingerprint density at radius 2 is 2.08 bits per heavy atom. The number of carbonyl (C=O) groups is 1. The topological polar surface area (TPSA) is 17.1 Å². The highest BCUT2D eigenvalue weighted by Crippen LogP contribution is 2.27. The van der Waals surface area contributed by atoms with Crippen molar-refractivity contribution in [3.8, 4) is 0 Å². The van der Waals surface area contributed by atoms with E-state index in [0.717, 1.165) is 0 Å². The van der Waals surface area contributed by atoms with E-state index in [4.69, 9.17) is 11.6 Å². The normalized spacial score (nSPS) is 11.4. The summed E-state index contributed by atoms with van der Waals surface area (Å²) in [6.07, 6.45) is 0.710. The molecule has 0 unspecified atom stereocenters. The van der Waals surface area contributed by atoms with E-state index in [-0.39, 0.29) is 5.02 Å². The van der Waals surface area contributed by atoms with Crippen LogP contribution in [0.3, 0.4) is 0 Å². The molecule has 0 saturated carbocycles. The molecule has 0 heterocycles. The first-order chi connectivity index (χ1) is 5.99. The summed E-state index contributed by atoms with van der Waals surface area (Å²) in [5, 5.41) is 0.0485. The van der Waals surface area contributed by atoms with Gasteiger partial charge in [0.1, 0.15) is 12.1 Å². The van der Waals surface area contributed by atoms with Crippen LogP contribution in [0.15, 0.2) is 18.2 Å². The van der Waals surface area contributed by atoms with Crippen molar-refractivity contribution in [2.75, 3.05) is 0 Å². The van der Waals surface area contributed by atoms with Gasteiger partial charge in [0.05, 0.1) is 5.02 Å². The van der Waals surface area contributed by atoms with Crippen LogP contribution in [-0.4, -0.2) is 6.29 Å². The van der Waals surface area contributed by atoms with Crippen molar-refractivity contribution in [2.45, 2.75) is 19.3 Å². The second-order valence-electron chi connectivity index (χ2n) is 3.44. The first-order valence-electron chi connectivity index (χ1n) is 3.90. The minimum Gasteiger partial charge on any atom is -0.302 e. The molecule has 13 heavy (non-hydrogen) atoms. The summed E-state index contributed by atoms with van der Waals surface area (Å²) >= 11 is 5.59. The minimum atomic E-state index is -0.824. The van der Waals surface area contributed by atoms with Crippen molar-refractivity contribution >= 4 is 17.9 Å². The van der Waals surface area contributed by atoms with E-state index in [2.05, 4.69) is 0 Å². The molecule has 0 spiro atoms. The molecule has 0 radical (unpaired) electrons. The van der Waals surface area contributed by atoms with Crippen molar-refractivity contribution < 1.29 is 9.18 Å². The van der Waals surface area contributed by atoms with Crippen LogP contribution in [0.25, 0.3) is 0 Å². The monoisotopic (exact) mass is 200 g/mol. The molecule has 0 aliphatic heterocycles. The number of rotatable bonds is 2. The van der Waals surface area contributed by atoms with Gasteiger partial charge >= 0.3 is 0 Å². The zero-order chi connectivity index (χ0) is 10.1. The molecule has 1 aromatic rings. The van der Waals surface area contributed by atoms with Gasteiger partial charge in [0, 0.05) is 11.0 Å². The molecular formula is C10H10ClFO. The SMILES string of the molecule is CC(C)(C=O)c1cccc(Cl)c1F. The van der Waals surface area contributed by atoms with Crippen molar-refractivity contribution in [3.05, 3.63) is 34.6 Å². The molecule has 0 amide bonds. The smallest absolute Gasteiger partial charge is 0.145 e. The molecule has 0 N–H and O–H groups in total. The highest BCUT2D eigenvalue weighted by Gasteiger charge is 2.24. The number of halogens is 2. The molecule has 0 bridgehead atoms. The lowest BCUT2D eigenvalue weighted by atomic mass is 9.86. The molecule has 1 aromatic carbocycles. The van der Waals surface area contributed by atoms with Crippen molar-refractivity contribution in [1.29, 1.82) is 0 Å². The Balaban J connectivity index is 3.30. The molecule has 3 heteroatoms. The molecule has 1 nitrogen and oxygen atoms in total. The van der Waals surface area contributed by atoms with Crippen LogP contribution in [0, 0.1) is 5.82 Å². The van der Waals surface area contributed by atoms with Crippen LogP contribution in [0.5, 0.6) is 0 Å². The second kappa shape index (κ2) is 3.46. The zero-order valence-corrected chi connectivity index (χ0v) is 8.23. The van der Waals surface area contributed by atoms with Gasteiger partial charge in [-0.05, 0) is 19.9 Å². The van der Waals surface area contributed by atoms with E-state index in [1.165, 1.54) is 6.07 Å². The Morgan fingerprint density at radius 3 is 2.62 bits per heavy atom. The van der Waals surface area contributed by atoms with E-state index in [0.29, 0.717) is 11.8 Å². The molecule has 0 atom stereocenters. The van der Waals surface area contributed by atoms with Crippen LogP contribution in [0.4, 0.5) is 4.39 Å². The van der Waals surface area contributed by atoms with E-state index in [9.17, 15) is 9.18 Å². The summed E-state index contributed by atoms with van der Waals surface area (Å²) in [5.41, 5.74) is -0.496. The van der Waals surface area contributed by atoms with Gasteiger partial charge in [-0.2, -0.15) is 0 Å². The Labute approximate surface area is 81.5 Å². The van der Waals surface area contributed by atoms with Crippen LogP contribution in [0.1, 0.15) is 19.4 Å². The summed E-state index contributed by atoms with van der Waals surface area (Å²) in [6.45, 7) is 3.30. The maximum absolute atomic E-state index is 13.4. The number of benzene rings is 1. The fourth-order valence-corrected chi connectivity index (χ4v) is 1.24. The fourth-order valence-electron chi connectivity index (χ4n) is 1.06. The van der Waals surface area contributed by atoms with Gasteiger partial charge < -0.3 is 4.79 Å². The molecule has 0 aliphatic carbocycles. The van der Waals surface area contributed by atoms with E-state index in [1.54, 1.807) is 26.0 Å². The van der Waals surface area contributed by atoms with Crippen LogP contribution >= 0.6 is 11.6 Å². The summed E-state index contributed by atoms with van der Waals surface area (Å²) < 4.78 is 13.4. The lowest BCUT2D eigenvalue weighted by molar-refractivity contribution is -0.111. The Morgan fingerprint density at radius 1 is 1.46 bits per heavy atom. The molecule has 0 aromatic heterocycles. The molecule has 0 saturated heterocycles. The molecule has 1 rings (SSSR count). The fraction of sp³-hybridized carbons (Fsp3) is 0.300. The van der Waals surface area contributed by atoms with E-state index in [1.807, 2.05) is 0 Å². The van der Waals surface area contributed by atoms with Crippen LogP contribution in [0.2, 0.25) is 5.02 Å². The minimum absolute atomic E-state index is 0.0485. The standard InChI is InChI=1S/C10H10ClFO/c1-10(2,6-13)7-4-3-5-8(11)9(7)12/h3-6H,1-2H3. The van der Waals surface area contributed by atoms with Crippen molar-refractivity contribution in [3.63, 3.8) is 0 Å². The average Bonchev–Trinajstić information content (AvgIpc) is 2.09. The Bertz CT molecular complexity index is 334. The predicted octanol–water partition coefficient (Wildman–Crippen LogP) is 2.96. The third kappa shape index (κ3) is 1.89. The average molecular weight is 201 g/mol. The zero-order valence-electron chi connectivity index (χ0n) is 7.47. The second-order valence-corrected chi connectivity index (χ2v) is 3.85. The third-order valence-corrected chi connectivity index (χ3v) is 2.23. The van der Waals surface area contributed by atoms with Gasteiger partial charge in [0.15, 0.2) is 0 Å². The Hall–Kier alpha value is -0.890. The van der Waals surface area contributed by atoms with Crippen molar-refractivity contribution in [2.24, 2.45) is 0 Å². The highest BCUT2D eigenvalue weighted by atomic mass is 35.5. The third-order valence-electron chi connectivity index (χ3n) is 1.94. The van der Waals surface area contributed by atoms with E-state index < -0.39 is 11.2 Å². The van der Waals surface area contributed by atoms with Gasteiger partial charge in [-0.1, -0.05) is 23.7 Å². The molecule has 0 fully saturated rings. The highest BCUT2D eigenvalue weighted by molar-refractivity contribution is 6.30. The summed E-state index contributed by atoms with van der Waals surface area (Å²) in [7, 11) is 0. The first kappa shape index (κ1) is 10.2. The molecular weight excluding hydrogens is 191 g/mol. The quantitative estimate of drug-likeness (QED) is 0.671. The van der Waals surface area contributed by atoms with Gasteiger partial charge in [0.2, 0.25) is 0 Å². The maximum atomic E-state index is 13.4. The number of hydrogen-bond acceptors (Lipinski definition) is 1. The summed E-state index contributed by atoms with van der Waals surface area (Å²) in [6, 6.07) is 4.66. The lowest BCUT2D eigenvalue weighted by Gasteiger charge is -2.18. The number of carbonyl (C=O) groups excluding carboxylic acids is 1. The van der Waals surface area contributed by atoms with E-state index >= 15 is 0 Å². The molecule has 0 aliphatic rings. The Kier molecular flexibility index (Phi) is 2.71.